The highest BCUT2D eigenvalue weighted by Gasteiger charge is 2.15. The number of allylic oxidation sites excluding steroid dienone is 1. The summed E-state index contributed by atoms with van der Waals surface area (Å²) in [6, 6.07) is 0.619. The lowest BCUT2D eigenvalue weighted by molar-refractivity contribution is 0.286. The third-order valence-electron chi connectivity index (χ3n) is 4.54. The summed E-state index contributed by atoms with van der Waals surface area (Å²) in [6.45, 7) is 11.5. The van der Waals surface area contributed by atoms with Crippen LogP contribution in [-0.4, -0.2) is 37.1 Å². The van der Waals surface area contributed by atoms with Crippen molar-refractivity contribution in [1.82, 2.24) is 10.2 Å². The Balaban J connectivity index is 2.56. The summed E-state index contributed by atoms with van der Waals surface area (Å²) in [4.78, 5) is 2.55. The maximum absolute atomic E-state index is 3.80. The van der Waals surface area contributed by atoms with Gasteiger partial charge in [0.15, 0.2) is 0 Å². The van der Waals surface area contributed by atoms with Gasteiger partial charge in [-0.1, -0.05) is 45.3 Å². The molecule has 0 aromatic carbocycles. The van der Waals surface area contributed by atoms with E-state index in [0.717, 1.165) is 6.54 Å². The van der Waals surface area contributed by atoms with Crippen molar-refractivity contribution in [3.8, 4) is 0 Å². The molecule has 0 radical (unpaired) electrons. The van der Waals surface area contributed by atoms with E-state index in [2.05, 4.69) is 37.1 Å². The Kier molecular flexibility index (Phi) is 10.0. The number of rotatable bonds is 9. The van der Waals surface area contributed by atoms with E-state index < -0.39 is 0 Å². The Morgan fingerprint density at radius 1 is 1.10 bits per heavy atom. The van der Waals surface area contributed by atoms with E-state index in [0.29, 0.717) is 6.04 Å². The minimum atomic E-state index is 0.619. The lowest BCUT2D eigenvalue weighted by atomic mass is 9.93. The third kappa shape index (κ3) is 6.90. The smallest absolute Gasteiger partial charge is 0.0291 e. The van der Waals surface area contributed by atoms with Gasteiger partial charge in [0.1, 0.15) is 0 Å². The summed E-state index contributed by atoms with van der Waals surface area (Å²) in [7, 11) is 0. The molecule has 20 heavy (non-hydrogen) atoms. The summed E-state index contributed by atoms with van der Waals surface area (Å²) in [5.74, 6) is 0. The molecule has 1 aliphatic carbocycles. The first-order valence-electron chi connectivity index (χ1n) is 8.96. The molecule has 0 aromatic rings. The Labute approximate surface area is 127 Å². The quantitative estimate of drug-likeness (QED) is 0.631. The van der Waals surface area contributed by atoms with Crippen LogP contribution in [0.2, 0.25) is 0 Å². The largest absolute Gasteiger partial charge is 0.310 e. The van der Waals surface area contributed by atoms with Crippen molar-refractivity contribution in [3.63, 3.8) is 0 Å². The van der Waals surface area contributed by atoms with E-state index in [1.54, 1.807) is 5.57 Å². The van der Waals surface area contributed by atoms with E-state index in [1.165, 1.54) is 71.0 Å². The van der Waals surface area contributed by atoms with Crippen molar-refractivity contribution >= 4 is 0 Å². The van der Waals surface area contributed by atoms with Gasteiger partial charge in [0.25, 0.3) is 0 Å². The van der Waals surface area contributed by atoms with Crippen molar-refractivity contribution in [1.29, 1.82) is 0 Å². The van der Waals surface area contributed by atoms with Crippen molar-refractivity contribution in [2.24, 2.45) is 0 Å². The lowest BCUT2D eigenvalue weighted by Crippen LogP contribution is -2.36. The van der Waals surface area contributed by atoms with Crippen LogP contribution in [0.3, 0.4) is 0 Å². The SMILES string of the molecule is CCCNC(CCN(CC)CC)C1=CCCCCCC1. The fourth-order valence-electron chi connectivity index (χ4n) is 3.12. The molecule has 0 heterocycles. The lowest BCUT2D eigenvalue weighted by Gasteiger charge is -2.26. The molecule has 0 fully saturated rings. The van der Waals surface area contributed by atoms with Crippen LogP contribution in [0.25, 0.3) is 0 Å². The summed E-state index contributed by atoms with van der Waals surface area (Å²) in [5.41, 5.74) is 1.70. The van der Waals surface area contributed by atoms with Crippen LogP contribution in [-0.2, 0) is 0 Å². The summed E-state index contributed by atoms with van der Waals surface area (Å²) < 4.78 is 0. The van der Waals surface area contributed by atoms with Gasteiger partial charge in [-0.15, -0.1) is 0 Å². The minimum absolute atomic E-state index is 0.619. The third-order valence-corrected chi connectivity index (χ3v) is 4.54. The minimum Gasteiger partial charge on any atom is -0.310 e. The monoisotopic (exact) mass is 280 g/mol. The Hall–Kier alpha value is -0.340. The maximum atomic E-state index is 3.80. The van der Waals surface area contributed by atoms with E-state index >= 15 is 0 Å². The topological polar surface area (TPSA) is 15.3 Å². The van der Waals surface area contributed by atoms with Crippen LogP contribution >= 0.6 is 0 Å². The number of hydrogen-bond donors (Lipinski definition) is 1. The zero-order chi connectivity index (χ0) is 14.6. The average Bonchev–Trinajstić information content (AvgIpc) is 2.43. The van der Waals surface area contributed by atoms with Crippen LogP contribution in [0.4, 0.5) is 0 Å². The van der Waals surface area contributed by atoms with Crippen molar-refractivity contribution in [2.45, 2.75) is 78.2 Å². The fourth-order valence-corrected chi connectivity index (χ4v) is 3.12. The van der Waals surface area contributed by atoms with E-state index in [9.17, 15) is 0 Å². The summed E-state index contributed by atoms with van der Waals surface area (Å²) in [5, 5.41) is 3.80. The van der Waals surface area contributed by atoms with Gasteiger partial charge in [0.2, 0.25) is 0 Å². The molecule has 1 atom stereocenters. The van der Waals surface area contributed by atoms with Crippen LogP contribution in [0, 0.1) is 0 Å². The van der Waals surface area contributed by atoms with E-state index in [4.69, 9.17) is 0 Å². The van der Waals surface area contributed by atoms with Crippen LogP contribution in [0.5, 0.6) is 0 Å². The molecule has 0 amide bonds. The first-order valence-corrected chi connectivity index (χ1v) is 8.96. The second-order valence-corrected chi connectivity index (χ2v) is 6.05. The molecule has 0 saturated heterocycles. The number of hydrogen-bond acceptors (Lipinski definition) is 2. The Morgan fingerprint density at radius 2 is 1.85 bits per heavy atom. The van der Waals surface area contributed by atoms with Gasteiger partial charge < -0.3 is 10.2 Å². The molecule has 1 rings (SSSR count). The summed E-state index contributed by atoms with van der Waals surface area (Å²) in [6.07, 6.45) is 13.3. The van der Waals surface area contributed by atoms with E-state index in [-0.39, 0.29) is 0 Å². The standard InChI is InChI=1S/C18H36N2/c1-4-15-19-18(14-16-20(5-2)6-3)17-12-10-8-7-9-11-13-17/h12,18-19H,4-11,13-16H2,1-3H3. The van der Waals surface area contributed by atoms with Crippen molar-refractivity contribution in [3.05, 3.63) is 11.6 Å². The molecule has 0 aromatic heterocycles. The molecular weight excluding hydrogens is 244 g/mol. The second kappa shape index (κ2) is 11.3. The van der Waals surface area contributed by atoms with Gasteiger partial charge in [-0.3, -0.25) is 0 Å². The molecule has 118 valence electrons. The molecular formula is C18H36N2. The first kappa shape index (κ1) is 17.7. The molecule has 0 saturated carbocycles. The average molecular weight is 280 g/mol. The Bertz CT molecular complexity index is 256. The van der Waals surface area contributed by atoms with Gasteiger partial charge in [-0.05, 0) is 64.7 Å². The highest BCUT2D eigenvalue weighted by molar-refractivity contribution is 5.12. The van der Waals surface area contributed by atoms with Gasteiger partial charge in [0.05, 0.1) is 0 Å². The molecule has 0 spiro atoms. The first-order chi connectivity index (χ1) is 9.81. The van der Waals surface area contributed by atoms with E-state index in [1.807, 2.05) is 0 Å². The van der Waals surface area contributed by atoms with Crippen molar-refractivity contribution < 1.29 is 0 Å². The summed E-state index contributed by atoms with van der Waals surface area (Å²) >= 11 is 0. The van der Waals surface area contributed by atoms with Gasteiger partial charge >= 0.3 is 0 Å². The van der Waals surface area contributed by atoms with Crippen LogP contribution in [0.1, 0.15) is 72.1 Å². The molecule has 2 nitrogen and oxygen atoms in total. The molecule has 0 bridgehead atoms. The van der Waals surface area contributed by atoms with Crippen molar-refractivity contribution in [2.75, 3.05) is 26.2 Å². The normalized spacial score (nSPS) is 18.5. The fraction of sp³-hybridized carbons (Fsp3) is 0.889. The maximum Gasteiger partial charge on any atom is 0.0291 e. The van der Waals surface area contributed by atoms with Gasteiger partial charge in [-0.25, -0.2) is 0 Å². The molecule has 1 unspecified atom stereocenters. The van der Waals surface area contributed by atoms with Crippen LogP contribution < -0.4 is 5.32 Å². The highest BCUT2D eigenvalue weighted by Crippen LogP contribution is 2.21. The molecule has 1 aliphatic rings. The second-order valence-electron chi connectivity index (χ2n) is 6.05. The molecule has 2 heteroatoms. The van der Waals surface area contributed by atoms with Gasteiger partial charge in [-0.2, -0.15) is 0 Å². The zero-order valence-corrected chi connectivity index (χ0v) is 14.1. The molecule has 1 N–H and O–H groups in total. The zero-order valence-electron chi connectivity index (χ0n) is 14.1. The number of nitrogens with zero attached hydrogens (tertiary/aromatic N) is 1. The number of nitrogens with one attached hydrogen (secondary N) is 1. The predicted molar refractivity (Wildman–Crippen MR) is 90.3 cm³/mol. The Morgan fingerprint density at radius 3 is 2.55 bits per heavy atom. The molecule has 0 aliphatic heterocycles. The van der Waals surface area contributed by atoms with Crippen LogP contribution in [0.15, 0.2) is 11.6 Å². The van der Waals surface area contributed by atoms with Gasteiger partial charge in [0, 0.05) is 6.04 Å². The predicted octanol–water partition coefficient (Wildman–Crippen LogP) is 4.37. The highest BCUT2D eigenvalue weighted by atomic mass is 15.1.